The van der Waals surface area contributed by atoms with Crippen LogP contribution in [0.1, 0.15) is 25.3 Å². The molecule has 0 amide bonds. The molecule has 0 N–H and O–H groups in total. The minimum absolute atomic E-state index is 0.0349. The summed E-state index contributed by atoms with van der Waals surface area (Å²) in [7, 11) is 0. The van der Waals surface area contributed by atoms with Crippen LogP contribution < -0.4 is 0 Å². The quantitative estimate of drug-likeness (QED) is 0.555. The van der Waals surface area contributed by atoms with Crippen LogP contribution in [0.25, 0.3) is 10.8 Å². The molecular formula is C18H18F3N3. The highest BCUT2D eigenvalue weighted by molar-refractivity contribution is 6.08. The van der Waals surface area contributed by atoms with Gasteiger partial charge in [0.1, 0.15) is 5.84 Å². The Bertz CT molecular complexity index is 776. The van der Waals surface area contributed by atoms with Crippen LogP contribution in [-0.2, 0) is 0 Å². The van der Waals surface area contributed by atoms with Crippen LogP contribution in [0.15, 0.2) is 57.4 Å². The van der Waals surface area contributed by atoms with Crippen molar-refractivity contribution < 1.29 is 13.2 Å². The van der Waals surface area contributed by atoms with Gasteiger partial charge >= 0.3 is 6.18 Å². The summed E-state index contributed by atoms with van der Waals surface area (Å²) < 4.78 is 37.2. The Morgan fingerprint density at radius 1 is 1.08 bits per heavy atom. The van der Waals surface area contributed by atoms with Gasteiger partial charge in [0.2, 0.25) is 0 Å². The number of rotatable bonds is 4. The Hall–Kier alpha value is -2.50. The molecule has 0 saturated carbocycles. The molecule has 0 unspecified atom stereocenters. The van der Waals surface area contributed by atoms with Gasteiger partial charge in [-0.2, -0.15) is 13.2 Å². The minimum Gasteiger partial charge on any atom is -0.266 e. The van der Waals surface area contributed by atoms with E-state index in [-0.39, 0.29) is 12.3 Å². The predicted molar refractivity (Wildman–Crippen MR) is 93.3 cm³/mol. The third kappa shape index (κ3) is 5.01. The first kappa shape index (κ1) is 17.8. The van der Waals surface area contributed by atoms with Gasteiger partial charge < -0.3 is 0 Å². The van der Waals surface area contributed by atoms with Crippen molar-refractivity contribution in [2.24, 2.45) is 15.0 Å². The molecule has 0 aliphatic heterocycles. The summed E-state index contributed by atoms with van der Waals surface area (Å²) >= 11 is 0. The van der Waals surface area contributed by atoms with Crippen LogP contribution in [-0.4, -0.2) is 31.1 Å². The van der Waals surface area contributed by atoms with Gasteiger partial charge in [-0.15, -0.1) is 0 Å². The molecule has 24 heavy (non-hydrogen) atoms. The Morgan fingerprint density at radius 3 is 2.42 bits per heavy atom. The first-order valence-electron chi connectivity index (χ1n) is 7.57. The fraction of sp³-hybridized carbons (Fsp3) is 0.278. The molecule has 2 rings (SSSR count). The maximum Gasteiger partial charge on any atom is 0.389 e. The summed E-state index contributed by atoms with van der Waals surface area (Å²) in [6.07, 6.45) is -5.55. The number of aliphatic imine (C=N–C) groups is 3. The monoisotopic (exact) mass is 333 g/mol. The second-order valence-corrected chi connectivity index (χ2v) is 5.16. The van der Waals surface area contributed by atoms with E-state index in [4.69, 9.17) is 0 Å². The second kappa shape index (κ2) is 7.86. The largest absolute Gasteiger partial charge is 0.389 e. The highest BCUT2D eigenvalue weighted by atomic mass is 19.4. The molecule has 2 aromatic rings. The lowest BCUT2D eigenvalue weighted by atomic mass is 10.1. The maximum atomic E-state index is 12.4. The van der Waals surface area contributed by atoms with Crippen molar-refractivity contribution in [3.63, 3.8) is 0 Å². The number of fused-ring (bicyclic) bond motifs is 1. The summed E-state index contributed by atoms with van der Waals surface area (Å²) in [6, 6.07) is 13.5. The van der Waals surface area contributed by atoms with Gasteiger partial charge in [-0.3, -0.25) is 4.99 Å². The fourth-order valence-electron chi connectivity index (χ4n) is 2.22. The van der Waals surface area contributed by atoms with Gasteiger partial charge in [0.15, 0.2) is 5.84 Å². The van der Waals surface area contributed by atoms with E-state index in [0.29, 0.717) is 12.4 Å². The molecule has 126 valence electrons. The molecule has 3 nitrogen and oxygen atoms in total. The van der Waals surface area contributed by atoms with Crippen molar-refractivity contribution in [3.05, 3.63) is 48.0 Å². The first-order chi connectivity index (χ1) is 11.4. The average molecular weight is 333 g/mol. The third-order valence-electron chi connectivity index (χ3n) is 3.37. The molecule has 0 saturated heterocycles. The third-order valence-corrected chi connectivity index (χ3v) is 3.37. The van der Waals surface area contributed by atoms with E-state index in [9.17, 15) is 13.2 Å². The van der Waals surface area contributed by atoms with Gasteiger partial charge in [0, 0.05) is 18.5 Å². The van der Waals surface area contributed by atoms with Crippen molar-refractivity contribution in [3.8, 4) is 0 Å². The zero-order chi connectivity index (χ0) is 17.6. The number of amidine groups is 2. The Kier molecular flexibility index (Phi) is 5.84. The van der Waals surface area contributed by atoms with Crippen LogP contribution in [0.3, 0.4) is 0 Å². The van der Waals surface area contributed by atoms with Crippen molar-refractivity contribution in [1.29, 1.82) is 0 Å². The molecular weight excluding hydrogens is 315 g/mol. The highest BCUT2D eigenvalue weighted by Crippen LogP contribution is 2.22. The number of hydrogen-bond acceptors (Lipinski definition) is 1. The first-order valence-corrected chi connectivity index (χ1v) is 7.57. The average Bonchev–Trinajstić information content (AvgIpc) is 2.56. The number of hydrogen-bond donors (Lipinski definition) is 0. The van der Waals surface area contributed by atoms with Crippen LogP contribution in [0, 0.1) is 0 Å². The Labute approximate surface area is 138 Å². The lowest BCUT2D eigenvalue weighted by Gasteiger charge is -2.08. The summed E-state index contributed by atoms with van der Waals surface area (Å²) in [5, 5.41) is 2.08. The molecule has 0 bridgehead atoms. The Balaban J connectivity index is 2.34. The maximum absolute atomic E-state index is 12.4. The van der Waals surface area contributed by atoms with Crippen molar-refractivity contribution in [2.45, 2.75) is 25.9 Å². The summed E-state index contributed by atoms with van der Waals surface area (Å²) in [5.74, 6) is 0.403. The van der Waals surface area contributed by atoms with E-state index >= 15 is 0 Å². The van der Waals surface area contributed by atoms with E-state index in [0.717, 1.165) is 16.3 Å². The highest BCUT2D eigenvalue weighted by Gasteiger charge is 2.27. The molecule has 0 atom stereocenters. The summed E-state index contributed by atoms with van der Waals surface area (Å²) in [6.45, 7) is 5.62. The van der Waals surface area contributed by atoms with Crippen LogP contribution in [0.4, 0.5) is 13.2 Å². The van der Waals surface area contributed by atoms with Crippen LogP contribution in [0.5, 0.6) is 0 Å². The normalized spacial score (nSPS) is 13.3. The SMILES string of the molecule is C=NC(CCC(F)(F)F)=NC(=NCC)c1ccc2ccccc2c1. The molecule has 0 spiro atoms. The lowest BCUT2D eigenvalue weighted by Crippen LogP contribution is -2.11. The summed E-state index contributed by atoms with van der Waals surface area (Å²) in [4.78, 5) is 12.1. The minimum atomic E-state index is -4.25. The molecule has 0 aliphatic carbocycles. The van der Waals surface area contributed by atoms with Gasteiger partial charge in [0.25, 0.3) is 0 Å². The lowest BCUT2D eigenvalue weighted by molar-refractivity contribution is -0.132. The van der Waals surface area contributed by atoms with Crippen LogP contribution >= 0.6 is 0 Å². The molecule has 0 radical (unpaired) electrons. The van der Waals surface area contributed by atoms with Gasteiger partial charge in [0.05, 0.1) is 6.42 Å². The number of alkyl halides is 3. The fourth-order valence-corrected chi connectivity index (χ4v) is 2.22. The number of nitrogens with zero attached hydrogens (tertiary/aromatic N) is 3. The van der Waals surface area contributed by atoms with E-state index in [1.54, 1.807) is 0 Å². The standard InChI is InChI=1S/C18H18F3N3/c1-3-23-17(24-16(22-2)10-11-18(19,20)21)15-9-8-13-6-4-5-7-14(13)12-15/h4-9,12H,2-3,10-11H2,1H3. The van der Waals surface area contributed by atoms with Crippen molar-refractivity contribution in [2.75, 3.05) is 6.54 Å². The number of halogens is 3. The van der Waals surface area contributed by atoms with E-state index in [2.05, 4.69) is 21.7 Å². The zero-order valence-electron chi connectivity index (χ0n) is 13.3. The molecule has 2 aromatic carbocycles. The molecule has 0 fully saturated rings. The topological polar surface area (TPSA) is 37.1 Å². The van der Waals surface area contributed by atoms with Crippen LogP contribution in [0.2, 0.25) is 0 Å². The molecule has 6 heteroatoms. The Morgan fingerprint density at radius 2 is 1.79 bits per heavy atom. The van der Waals surface area contributed by atoms with Gasteiger partial charge in [-0.05, 0) is 30.5 Å². The number of benzene rings is 2. The van der Waals surface area contributed by atoms with Gasteiger partial charge in [-0.25, -0.2) is 9.98 Å². The van der Waals surface area contributed by atoms with E-state index in [1.807, 2.05) is 49.4 Å². The van der Waals surface area contributed by atoms with Crippen molar-refractivity contribution >= 4 is 29.2 Å². The smallest absolute Gasteiger partial charge is 0.266 e. The van der Waals surface area contributed by atoms with Gasteiger partial charge in [-0.1, -0.05) is 36.4 Å². The van der Waals surface area contributed by atoms with Crippen molar-refractivity contribution in [1.82, 2.24) is 0 Å². The molecule has 0 aromatic heterocycles. The molecule has 0 heterocycles. The predicted octanol–water partition coefficient (Wildman–Crippen LogP) is 5.05. The summed E-state index contributed by atoms with van der Waals surface area (Å²) in [5.41, 5.74) is 0.740. The van der Waals surface area contributed by atoms with E-state index in [1.165, 1.54) is 0 Å². The second-order valence-electron chi connectivity index (χ2n) is 5.16. The zero-order valence-corrected chi connectivity index (χ0v) is 13.3. The molecule has 0 aliphatic rings. The van der Waals surface area contributed by atoms with E-state index < -0.39 is 12.6 Å².